The van der Waals surface area contributed by atoms with Gasteiger partial charge in [-0.2, -0.15) is 0 Å². The van der Waals surface area contributed by atoms with Crippen LogP contribution < -0.4 is 5.32 Å². The van der Waals surface area contributed by atoms with E-state index < -0.39 is 0 Å². The van der Waals surface area contributed by atoms with Gasteiger partial charge in [0.25, 0.3) is 0 Å². The van der Waals surface area contributed by atoms with Crippen LogP contribution in [0.3, 0.4) is 0 Å². The first-order valence-electron chi connectivity index (χ1n) is 2.12. The molecule has 0 heterocycles. The van der Waals surface area contributed by atoms with E-state index in [1.54, 1.807) is 0 Å². The van der Waals surface area contributed by atoms with E-state index in [1.165, 1.54) is 0 Å². The molecule has 5 heteroatoms. The molecule has 9 heavy (non-hydrogen) atoms. The van der Waals surface area contributed by atoms with Gasteiger partial charge in [0.15, 0.2) is 0 Å². The number of hydrogen-bond acceptors (Lipinski definition) is 1. The minimum absolute atomic E-state index is 0. The average Bonchev–Trinajstić information content (AvgIpc) is 1.41. The fourth-order valence-electron chi connectivity index (χ4n) is 0.250. The maximum atomic E-state index is 3.11. The van der Waals surface area contributed by atoms with Crippen LogP contribution in [0.1, 0.15) is 13.8 Å². The summed E-state index contributed by atoms with van der Waals surface area (Å²) in [6.07, 6.45) is 0. The summed E-state index contributed by atoms with van der Waals surface area (Å²) in [4.78, 5) is 0. The van der Waals surface area contributed by atoms with Crippen LogP contribution in [-0.4, -0.2) is 131 Å². The van der Waals surface area contributed by atoms with Crippen LogP contribution in [0, 0.1) is 0 Å². The molecule has 0 fully saturated rings. The fraction of sp³-hybridized carbons (Fsp3) is 1.00. The standard InChI is InChI=1S/C4H11N.4Na/c1-3-5-4-2;;;;/h5H,3-4H2,1-2H3;;;;. The van der Waals surface area contributed by atoms with E-state index in [2.05, 4.69) is 19.2 Å². The molecule has 1 N–H and O–H groups in total. The summed E-state index contributed by atoms with van der Waals surface area (Å²) >= 11 is 0. The molecule has 0 bridgehead atoms. The minimum atomic E-state index is 0. The third kappa shape index (κ3) is 33.4. The summed E-state index contributed by atoms with van der Waals surface area (Å²) in [7, 11) is 0. The normalized spacial score (nSPS) is 4.67. The Kier molecular flexibility index (Phi) is 96.4. The first-order chi connectivity index (χ1) is 2.41. The van der Waals surface area contributed by atoms with Crippen molar-refractivity contribution < 1.29 is 0 Å². The van der Waals surface area contributed by atoms with Crippen molar-refractivity contribution in [1.82, 2.24) is 5.32 Å². The maximum absolute atomic E-state index is 3.11. The smallest absolute Gasteiger partial charge is 0 e. The Bertz CT molecular complexity index is 20.0. The summed E-state index contributed by atoms with van der Waals surface area (Å²) in [5.41, 5.74) is 0. The third-order valence-electron chi connectivity index (χ3n) is 0.500. The molecule has 0 saturated carbocycles. The van der Waals surface area contributed by atoms with Crippen LogP contribution in [0.2, 0.25) is 0 Å². The molecule has 4 radical (unpaired) electrons. The molecule has 0 spiro atoms. The molecular weight excluding hydrogens is 154 g/mol. The van der Waals surface area contributed by atoms with Crippen molar-refractivity contribution in [2.24, 2.45) is 0 Å². The molecule has 1 nitrogen and oxygen atoms in total. The van der Waals surface area contributed by atoms with Gasteiger partial charge < -0.3 is 5.32 Å². The van der Waals surface area contributed by atoms with Gasteiger partial charge in [-0.1, -0.05) is 13.8 Å². The average molecular weight is 165 g/mol. The van der Waals surface area contributed by atoms with E-state index in [-0.39, 0.29) is 118 Å². The van der Waals surface area contributed by atoms with Gasteiger partial charge in [0, 0.05) is 118 Å². The molecular formula is C4H11NNa4. The van der Waals surface area contributed by atoms with Gasteiger partial charge in [0.1, 0.15) is 0 Å². The van der Waals surface area contributed by atoms with Gasteiger partial charge in [-0.15, -0.1) is 0 Å². The van der Waals surface area contributed by atoms with Crippen LogP contribution >= 0.6 is 0 Å². The maximum Gasteiger partial charge on any atom is 0 e. The van der Waals surface area contributed by atoms with Crippen molar-refractivity contribution in [2.75, 3.05) is 13.1 Å². The zero-order valence-electron chi connectivity index (χ0n) is 7.91. The van der Waals surface area contributed by atoms with Gasteiger partial charge in [-0.3, -0.25) is 0 Å². The van der Waals surface area contributed by atoms with Gasteiger partial charge in [-0.05, 0) is 13.1 Å². The second-order valence-electron chi connectivity index (χ2n) is 0.957. The Morgan fingerprint density at radius 3 is 1.00 bits per heavy atom. The van der Waals surface area contributed by atoms with Crippen molar-refractivity contribution in [3.63, 3.8) is 0 Å². The zero-order chi connectivity index (χ0) is 4.12. The SMILES string of the molecule is CCNCC.[Na].[Na].[Na].[Na]. The van der Waals surface area contributed by atoms with E-state index in [1.807, 2.05) is 0 Å². The fourth-order valence-corrected chi connectivity index (χ4v) is 0.250. The number of nitrogens with one attached hydrogen (secondary N) is 1. The van der Waals surface area contributed by atoms with Crippen molar-refractivity contribution >= 4 is 118 Å². The second kappa shape index (κ2) is 29.7. The Morgan fingerprint density at radius 1 is 0.778 bits per heavy atom. The molecule has 0 aromatic carbocycles. The summed E-state index contributed by atoms with van der Waals surface area (Å²) in [5, 5.41) is 3.11. The van der Waals surface area contributed by atoms with Crippen molar-refractivity contribution in [3.8, 4) is 0 Å². The van der Waals surface area contributed by atoms with Crippen LogP contribution in [-0.2, 0) is 0 Å². The molecule has 0 aliphatic carbocycles. The first-order valence-corrected chi connectivity index (χ1v) is 2.12. The van der Waals surface area contributed by atoms with Crippen LogP contribution in [0.15, 0.2) is 0 Å². The van der Waals surface area contributed by atoms with Crippen LogP contribution in [0.4, 0.5) is 0 Å². The molecule has 0 aromatic heterocycles. The van der Waals surface area contributed by atoms with E-state index in [0.29, 0.717) is 0 Å². The Labute approximate surface area is 147 Å². The Hall–Kier alpha value is 3.96. The molecule has 0 unspecified atom stereocenters. The van der Waals surface area contributed by atoms with Crippen LogP contribution in [0.5, 0.6) is 0 Å². The van der Waals surface area contributed by atoms with E-state index in [9.17, 15) is 0 Å². The Morgan fingerprint density at radius 2 is 1.00 bits per heavy atom. The number of hydrogen-bond donors (Lipinski definition) is 1. The van der Waals surface area contributed by atoms with E-state index in [0.717, 1.165) is 13.1 Å². The molecule has 0 amide bonds. The molecule has 0 saturated heterocycles. The predicted molar refractivity (Wildman–Crippen MR) is 47.2 cm³/mol. The van der Waals surface area contributed by atoms with Crippen molar-refractivity contribution in [2.45, 2.75) is 13.8 Å². The number of rotatable bonds is 2. The van der Waals surface area contributed by atoms with E-state index >= 15 is 0 Å². The first kappa shape index (κ1) is 29.3. The predicted octanol–water partition coefficient (Wildman–Crippen LogP) is -0.907. The van der Waals surface area contributed by atoms with Crippen molar-refractivity contribution in [3.05, 3.63) is 0 Å². The Balaban J connectivity index is -0.0000000133. The summed E-state index contributed by atoms with van der Waals surface area (Å²) in [6, 6.07) is 0. The van der Waals surface area contributed by atoms with Gasteiger partial charge in [-0.25, -0.2) is 0 Å². The zero-order valence-corrected chi connectivity index (χ0v) is 15.9. The monoisotopic (exact) mass is 165 g/mol. The summed E-state index contributed by atoms with van der Waals surface area (Å²) < 4.78 is 0. The summed E-state index contributed by atoms with van der Waals surface area (Å²) in [6.45, 7) is 6.39. The molecule has 0 rings (SSSR count). The second-order valence-corrected chi connectivity index (χ2v) is 0.957. The quantitative estimate of drug-likeness (QED) is 0.522. The van der Waals surface area contributed by atoms with Gasteiger partial charge in [0.2, 0.25) is 0 Å². The molecule has 0 atom stereocenters. The largest absolute Gasteiger partial charge is 0.317 e. The minimum Gasteiger partial charge on any atom is -0.317 e. The van der Waals surface area contributed by atoms with Gasteiger partial charge in [0.05, 0.1) is 0 Å². The summed E-state index contributed by atoms with van der Waals surface area (Å²) in [5.74, 6) is 0. The van der Waals surface area contributed by atoms with Gasteiger partial charge >= 0.3 is 0 Å². The topological polar surface area (TPSA) is 12.0 Å². The third-order valence-corrected chi connectivity index (χ3v) is 0.500. The molecule has 0 aliphatic rings. The molecule has 0 aromatic rings. The van der Waals surface area contributed by atoms with Crippen LogP contribution in [0.25, 0.3) is 0 Å². The van der Waals surface area contributed by atoms with Crippen molar-refractivity contribution in [1.29, 1.82) is 0 Å². The van der Waals surface area contributed by atoms with E-state index in [4.69, 9.17) is 0 Å². The molecule has 36 valence electrons. The molecule has 0 aliphatic heterocycles.